The molecule has 3 nitrogen and oxygen atoms in total. The van der Waals surface area contributed by atoms with Gasteiger partial charge in [0.05, 0.1) is 0 Å². The molecule has 0 atom stereocenters. The Bertz CT molecular complexity index is 283. The van der Waals surface area contributed by atoms with Gasteiger partial charge in [-0.15, -0.1) is 0 Å². The summed E-state index contributed by atoms with van der Waals surface area (Å²) in [6.45, 7) is 2.06. The second kappa shape index (κ2) is 3.11. The lowest BCUT2D eigenvalue weighted by atomic mass is 10.0. The SMILES string of the molecule is CNc1cc2c(cn1)CCNC2. The number of anilines is 1. The van der Waals surface area contributed by atoms with Gasteiger partial charge in [0, 0.05) is 19.8 Å². The van der Waals surface area contributed by atoms with Gasteiger partial charge in [-0.05, 0) is 30.2 Å². The van der Waals surface area contributed by atoms with E-state index in [2.05, 4.69) is 21.7 Å². The van der Waals surface area contributed by atoms with Gasteiger partial charge in [0.2, 0.25) is 0 Å². The number of nitrogens with one attached hydrogen (secondary N) is 2. The van der Waals surface area contributed by atoms with Crippen LogP contribution in [0.4, 0.5) is 5.82 Å². The quantitative estimate of drug-likeness (QED) is 0.642. The van der Waals surface area contributed by atoms with Crippen LogP contribution in [0, 0.1) is 0 Å². The maximum atomic E-state index is 4.27. The van der Waals surface area contributed by atoms with E-state index < -0.39 is 0 Å². The lowest BCUT2D eigenvalue weighted by molar-refractivity contribution is 0.641. The largest absolute Gasteiger partial charge is 0.373 e. The number of rotatable bonds is 1. The van der Waals surface area contributed by atoms with Crippen molar-refractivity contribution in [2.75, 3.05) is 18.9 Å². The Hall–Kier alpha value is -1.09. The minimum atomic E-state index is 0.956. The summed E-state index contributed by atoms with van der Waals surface area (Å²) in [5, 5.41) is 6.37. The maximum absolute atomic E-state index is 4.27. The van der Waals surface area contributed by atoms with E-state index in [9.17, 15) is 0 Å². The summed E-state index contributed by atoms with van der Waals surface area (Å²) in [5.41, 5.74) is 2.76. The predicted octanol–water partition coefficient (Wildman–Crippen LogP) is 0.769. The van der Waals surface area contributed by atoms with Crippen molar-refractivity contribution >= 4 is 5.82 Å². The molecule has 12 heavy (non-hydrogen) atoms. The molecular formula is C9H13N3. The summed E-state index contributed by atoms with van der Waals surface area (Å²) in [6.07, 6.45) is 3.08. The van der Waals surface area contributed by atoms with Crippen LogP contribution in [-0.2, 0) is 13.0 Å². The summed E-state index contributed by atoms with van der Waals surface area (Å²) < 4.78 is 0. The third-order valence-corrected chi connectivity index (χ3v) is 2.23. The van der Waals surface area contributed by atoms with Gasteiger partial charge in [-0.2, -0.15) is 0 Å². The molecule has 0 aromatic carbocycles. The van der Waals surface area contributed by atoms with Crippen LogP contribution in [0.5, 0.6) is 0 Å². The number of hydrogen-bond donors (Lipinski definition) is 2. The number of nitrogens with zero attached hydrogens (tertiary/aromatic N) is 1. The first-order valence-electron chi connectivity index (χ1n) is 4.26. The molecule has 1 aromatic rings. The van der Waals surface area contributed by atoms with Gasteiger partial charge in [0.15, 0.2) is 0 Å². The van der Waals surface area contributed by atoms with Crippen molar-refractivity contribution in [1.29, 1.82) is 0 Å². The van der Waals surface area contributed by atoms with Crippen molar-refractivity contribution in [3.63, 3.8) is 0 Å². The Balaban J connectivity index is 2.36. The molecule has 0 aliphatic carbocycles. The second-order valence-electron chi connectivity index (χ2n) is 3.02. The highest BCUT2D eigenvalue weighted by atomic mass is 15.0. The molecule has 0 amide bonds. The molecule has 0 fully saturated rings. The molecule has 3 heteroatoms. The van der Waals surface area contributed by atoms with Crippen LogP contribution in [0.15, 0.2) is 12.3 Å². The van der Waals surface area contributed by atoms with Crippen molar-refractivity contribution in [3.8, 4) is 0 Å². The summed E-state index contributed by atoms with van der Waals surface area (Å²) in [6, 6.07) is 2.11. The number of pyridine rings is 1. The predicted molar refractivity (Wildman–Crippen MR) is 49.2 cm³/mol. The van der Waals surface area contributed by atoms with E-state index in [0.717, 1.165) is 25.3 Å². The van der Waals surface area contributed by atoms with Gasteiger partial charge in [-0.3, -0.25) is 0 Å². The first kappa shape index (κ1) is 7.55. The molecule has 1 aromatic heterocycles. The second-order valence-corrected chi connectivity index (χ2v) is 3.02. The summed E-state index contributed by atoms with van der Waals surface area (Å²) >= 11 is 0. The minimum Gasteiger partial charge on any atom is -0.373 e. The van der Waals surface area contributed by atoms with Gasteiger partial charge in [0.25, 0.3) is 0 Å². The molecule has 0 saturated carbocycles. The molecule has 0 spiro atoms. The van der Waals surface area contributed by atoms with Crippen LogP contribution in [0.3, 0.4) is 0 Å². The average molecular weight is 163 g/mol. The number of aromatic nitrogens is 1. The first-order valence-corrected chi connectivity index (χ1v) is 4.26. The van der Waals surface area contributed by atoms with Crippen LogP contribution in [0.2, 0.25) is 0 Å². The third-order valence-electron chi connectivity index (χ3n) is 2.23. The number of hydrogen-bond acceptors (Lipinski definition) is 3. The van der Waals surface area contributed by atoms with Crippen molar-refractivity contribution in [2.24, 2.45) is 0 Å². The van der Waals surface area contributed by atoms with Crippen molar-refractivity contribution in [2.45, 2.75) is 13.0 Å². The Morgan fingerprint density at radius 3 is 3.25 bits per heavy atom. The molecule has 1 aliphatic heterocycles. The van der Waals surface area contributed by atoms with Crippen LogP contribution in [-0.4, -0.2) is 18.6 Å². The zero-order valence-corrected chi connectivity index (χ0v) is 7.22. The lowest BCUT2D eigenvalue weighted by Gasteiger charge is -2.16. The van der Waals surface area contributed by atoms with Gasteiger partial charge in [0.1, 0.15) is 5.82 Å². The Kier molecular flexibility index (Phi) is 1.96. The highest BCUT2D eigenvalue weighted by molar-refractivity contribution is 5.41. The third kappa shape index (κ3) is 1.28. The Morgan fingerprint density at radius 2 is 2.42 bits per heavy atom. The fourth-order valence-electron chi connectivity index (χ4n) is 1.50. The zero-order valence-electron chi connectivity index (χ0n) is 7.22. The van der Waals surface area contributed by atoms with E-state index >= 15 is 0 Å². The van der Waals surface area contributed by atoms with E-state index in [1.54, 1.807) is 0 Å². The van der Waals surface area contributed by atoms with Gasteiger partial charge < -0.3 is 10.6 Å². The summed E-state index contributed by atoms with van der Waals surface area (Å²) in [4.78, 5) is 4.27. The van der Waals surface area contributed by atoms with Crippen LogP contribution < -0.4 is 10.6 Å². The van der Waals surface area contributed by atoms with E-state index in [-0.39, 0.29) is 0 Å². The molecule has 0 unspecified atom stereocenters. The van der Waals surface area contributed by atoms with Gasteiger partial charge in [-0.25, -0.2) is 4.98 Å². The average Bonchev–Trinajstić information content (AvgIpc) is 2.17. The highest BCUT2D eigenvalue weighted by Crippen LogP contribution is 2.15. The van der Waals surface area contributed by atoms with Crippen LogP contribution in [0.1, 0.15) is 11.1 Å². The minimum absolute atomic E-state index is 0.956. The first-order chi connectivity index (χ1) is 5.90. The van der Waals surface area contributed by atoms with Crippen molar-refractivity contribution in [3.05, 3.63) is 23.4 Å². The van der Waals surface area contributed by atoms with Crippen LogP contribution >= 0.6 is 0 Å². The highest BCUT2D eigenvalue weighted by Gasteiger charge is 2.08. The molecule has 64 valence electrons. The van der Waals surface area contributed by atoms with Crippen LogP contribution in [0.25, 0.3) is 0 Å². The molecule has 2 rings (SSSR count). The fraction of sp³-hybridized carbons (Fsp3) is 0.444. The van der Waals surface area contributed by atoms with Gasteiger partial charge in [-0.1, -0.05) is 0 Å². The Labute approximate surface area is 72.2 Å². The monoisotopic (exact) mass is 163 g/mol. The number of fused-ring (bicyclic) bond motifs is 1. The van der Waals surface area contributed by atoms with Gasteiger partial charge >= 0.3 is 0 Å². The molecule has 0 radical (unpaired) electrons. The standard InChI is InChI=1S/C9H13N3/c1-10-9-4-8-5-11-3-2-7(8)6-12-9/h4,6,11H,2-3,5H2,1H3,(H,10,12). The van der Waals surface area contributed by atoms with E-state index in [4.69, 9.17) is 0 Å². The molecule has 1 aliphatic rings. The van der Waals surface area contributed by atoms with E-state index in [1.165, 1.54) is 11.1 Å². The lowest BCUT2D eigenvalue weighted by Crippen LogP contribution is -2.23. The van der Waals surface area contributed by atoms with Crippen molar-refractivity contribution < 1.29 is 0 Å². The van der Waals surface area contributed by atoms with Crippen molar-refractivity contribution in [1.82, 2.24) is 10.3 Å². The molecule has 2 N–H and O–H groups in total. The zero-order chi connectivity index (χ0) is 8.39. The molecule has 0 bridgehead atoms. The fourth-order valence-corrected chi connectivity index (χ4v) is 1.50. The smallest absolute Gasteiger partial charge is 0.125 e. The Morgan fingerprint density at radius 1 is 1.50 bits per heavy atom. The molecule has 2 heterocycles. The normalized spacial score (nSPS) is 15.4. The maximum Gasteiger partial charge on any atom is 0.125 e. The summed E-state index contributed by atoms with van der Waals surface area (Å²) in [7, 11) is 1.89. The topological polar surface area (TPSA) is 37.0 Å². The van der Waals surface area contributed by atoms with E-state index in [0.29, 0.717) is 0 Å². The molecular weight excluding hydrogens is 150 g/mol. The summed E-state index contributed by atoms with van der Waals surface area (Å²) in [5.74, 6) is 0.956. The molecule has 0 saturated heterocycles. The van der Waals surface area contributed by atoms with E-state index in [1.807, 2.05) is 13.2 Å².